The quantitative estimate of drug-likeness (QED) is 0.786. The summed E-state index contributed by atoms with van der Waals surface area (Å²) in [6, 6.07) is 13.3. The van der Waals surface area contributed by atoms with Crippen molar-refractivity contribution < 1.29 is 9.21 Å². The topological polar surface area (TPSA) is 72.4 Å². The highest BCUT2D eigenvalue weighted by Crippen LogP contribution is 2.26. The van der Waals surface area contributed by atoms with Crippen LogP contribution in [-0.2, 0) is 6.42 Å². The molecule has 0 unspecified atom stereocenters. The Bertz CT molecular complexity index is 835. The molecular formula is C18H19N3O2. The SMILES string of the molecule is CN(C)CCc1ccc(-c2nc3cccc(C(N)=O)c3o2)cc1. The van der Waals surface area contributed by atoms with Gasteiger partial charge in [0.05, 0.1) is 5.56 Å². The molecule has 0 saturated carbocycles. The van der Waals surface area contributed by atoms with E-state index in [4.69, 9.17) is 10.2 Å². The zero-order valence-corrected chi connectivity index (χ0v) is 13.2. The van der Waals surface area contributed by atoms with E-state index in [1.54, 1.807) is 18.2 Å². The lowest BCUT2D eigenvalue weighted by Crippen LogP contribution is -2.14. The zero-order chi connectivity index (χ0) is 16.4. The molecule has 0 atom stereocenters. The van der Waals surface area contributed by atoms with Crippen LogP contribution in [0, 0.1) is 0 Å². The average Bonchev–Trinajstić information content (AvgIpc) is 2.97. The van der Waals surface area contributed by atoms with Gasteiger partial charge in [0.2, 0.25) is 5.89 Å². The van der Waals surface area contributed by atoms with E-state index in [0.29, 0.717) is 22.6 Å². The van der Waals surface area contributed by atoms with E-state index in [1.807, 2.05) is 12.1 Å². The maximum Gasteiger partial charge on any atom is 0.252 e. The summed E-state index contributed by atoms with van der Waals surface area (Å²) in [4.78, 5) is 18.1. The Hall–Kier alpha value is -2.66. The molecule has 1 aromatic heterocycles. The number of carbonyl (C=O) groups is 1. The third-order valence-corrected chi connectivity index (χ3v) is 3.73. The van der Waals surface area contributed by atoms with Gasteiger partial charge >= 0.3 is 0 Å². The summed E-state index contributed by atoms with van der Waals surface area (Å²) in [6.07, 6.45) is 0.993. The Kier molecular flexibility index (Phi) is 4.12. The van der Waals surface area contributed by atoms with Crippen LogP contribution >= 0.6 is 0 Å². The van der Waals surface area contributed by atoms with Crippen LogP contribution in [0.1, 0.15) is 15.9 Å². The van der Waals surface area contributed by atoms with Crippen LogP contribution in [0.2, 0.25) is 0 Å². The number of fused-ring (bicyclic) bond motifs is 1. The second-order valence-electron chi connectivity index (χ2n) is 5.79. The van der Waals surface area contributed by atoms with E-state index in [1.165, 1.54) is 5.56 Å². The van der Waals surface area contributed by atoms with Crippen LogP contribution in [-0.4, -0.2) is 36.4 Å². The maximum absolute atomic E-state index is 11.5. The summed E-state index contributed by atoms with van der Waals surface area (Å²) >= 11 is 0. The van der Waals surface area contributed by atoms with Gasteiger partial charge < -0.3 is 15.1 Å². The monoisotopic (exact) mass is 309 g/mol. The molecule has 0 aliphatic heterocycles. The average molecular weight is 309 g/mol. The van der Waals surface area contributed by atoms with Crippen LogP contribution < -0.4 is 5.73 Å². The van der Waals surface area contributed by atoms with Crippen molar-refractivity contribution in [1.29, 1.82) is 0 Å². The number of likely N-dealkylation sites (N-methyl/N-ethyl adjacent to an activating group) is 1. The first kappa shape index (κ1) is 15.2. The number of benzene rings is 2. The van der Waals surface area contributed by atoms with Crippen LogP contribution in [0.15, 0.2) is 46.9 Å². The summed E-state index contributed by atoms with van der Waals surface area (Å²) in [6.45, 7) is 1.00. The third-order valence-electron chi connectivity index (χ3n) is 3.73. The Morgan fingerprint density at radius 2 is 1.91 bits per heavy atom. The fourth-order valence-corrected chi connectivity index (χ4v) is 2.43. The molecule has 0 saturated heterocycles. The van der Waals surface area contributed by atoms with Crippen molar-refractivity contribution in [2.75, 3.05) is 20.6 Å². The van der Waals surface area contributed by atoms with Gasteiger partial charge in [-0.2, -0.15) is 0 Å². The van der Waals surface area contributed by atoms with Crippen molar-refractivity contribution in [2.45, 2.75) is 6.42 Å². The molecule has 5 heteroatoms. The number of oxazole rings is 1. The molecule has 0 bridgehead atoms. The van der Waals surface area contributed by atoms with E-state index < -0.39 is 5.91 Å². The summed E-state index contributed by atoms with van der Waals surface area (Å²) < 4.78 is 5.76. The smallest absolute Gasteiger partial charge is 0.252 e. The first-order valence-corrected chi connectivity index (χ1v) is 7.48. The Morgan fingerprint density at radius 3 is 2.57 bits per heavy atom. The number of amides is 1. The molecule has 0 aliphatic carbocycles. The molecular weight excluding hydrogens is 290 g/mol. The van der Waals surface area contributed by atoms with Gasteiger partial charge in [0.25, 0.3) is 5.91 Å². The highest BCUT2D eigenvalue weighted by Gasteiger charge is 2.14. The maximum atomic E-state index is 11.5. The number of primary amides is 1. The molecule has 23 heavy (non-hydrogen) atoms. The highest BCUT2D eigenvalue weighted by molar-refractivity contribution is 6.03. The van der Waals surface area contributed by atoms with E-state index in [9.17, 15) is 4.79 Å². The lowest BCUT2D eigenvalue weighted by Gasteiger charge is -2.09. The van der Waals surface area contributed by atoms with Gasteiger partial charge in [-0.3, -0.25) is 4.79 Å². The fourth-order valence-electron chi connectivity index (χ4n) is 2.43. The van der Waals surface area contributed by atoms with Crippen LogP contribution in [0.3, 0.4) is 0 Å². The number of para-hydroxylation sites is 1. The normalized spacial score (nSPS) is 11.3. The number of carbonyl (C=O) groups excluding carboxylic acids is 1. The Morgan fingerprint density at radius 1 is 1.17 bits per heavy atom. The second-order valence-corrected chi connectivity index (χ2v) is 5.79. The van der Waals surface area contributed by atoms with Crippen molar-refractivity contribution >= 4 is 17.0 Å². The number of hydrogen-bond acceptors (Lipinski definition) is 4. The van der Waals surface area contributed by atoms with E-state index in [2.05, 4.69) is 36.1 Å². The van der Waals surface area contributed by atoms with Gasteiger partial charge in [0.1, 0.15) is 5.52 Å². The number of nitrogens with two attached hydrogens (primary N) is 1. The Balaban J connectivity index is 1.91. The third kappa shape index (κ3) is 3.24. The highest BCUT2D eigenvalue weighted by atomic mass is 16.3. The molecule has 118 valence electrons. The lowest BCUT2D eigenvalue weighted by atomic mass is 10.1. The van der Waals surface area contributed by atoms with Crippen LogP contribution in [0.4, 0.5) is 0 Å². The molecule has 0 spiro atoms. The minimum absolute atomic E-state index is 0.351. The van der Waals surface area contributed by atoms with Crippen LogP contribution in [0.5, 0.6) is 0 Å². The van der Waals surface area contributed by atoms with Gasteiger partial charge in [-0.15, -0.1) is 0 Å². The summed E-state index contributed by atoms with van der Waals surface area (Å²) in [5.74, 6) is -0.0230. The number of nitrogens with zero attached hydrogens (tertiary/aromatic N) is 2. The molecule has 2 N–H and O–H groups in total. The minimum atomic E-state index is -0.516. The van der Waals surface area contributed by atoms with Gasteiger partial charge in [-0.05, 0) is 50.3 Å². The van der Waals surface area contributed by atoms with E-state index in [-0.39, 0.29) is 0 Å². The summed E-state index contributed by atoms with van der Waals surface area (Å²) in [7, 11) is 4.12. The molecule has 0 fully saturated rings. The molecule has 1 amide bonds. The van der Waals surface area contributed by atoms with Crippen molar-refractivity contribution in [1.82, 2.24) is 9.88 Å². The molecule has 3 rings (SSSR count). The fraction of sp³-hybridized carbons (Fsp3) is 0.222. The molecule has 0 aliphatic rings. The van der Waals surface area contributed by atoms with Gasteiger partial charge in [-0.1, -0.05) is 18.2 Å². The summed E-state index contributed by atoms with van der Waals surface area (Å²) in [5.41, 5.74) is 8.93. The Labute approximate surface area is 134 Å². The molecule has 0 radical (unpaired) electrons. The van der Waals surface area contributed by atoms with Crippen molar-refractivity contribution in [3.05, 3.63) is 53.6 Å². The van der Waals surface area contributed by atoms with Crippen molar-refractivity contribution in [2.24, 2.45) is 5.73 Å². The largest absolute Gasteiger partial charge is 0.435 e. The van der Waals surface area contributed by atoms with Crippen molar-refractivity contribution in [3.8, 4) is 11.5 Å². The van der Waals surface area contributed by atoms with E-state index >= 15 is 0 Å². The number of aromatic nitrogens is 1. The predicted molar refractivity (Wildman–Crippen MR) is 90.2 cm³/mol. The summed E-state index contributed by atoms with van der Waals surface area (Å²) in [5, 5.41) is 0. The first-order valence-electron chi connectivity index (χ1n) is 7.48. The number of rotatable bonds is 5. The van der Waals surface area contributed by atoms with E-state index in [0.717, 1.165) is 18.5 Å². The molecule has 5 nitrogen and oxygen atoms in total. The van der Waals surface area contributed by atoms with Gasteiger partial charge in [0.15, 0.2) is 5.58 Å². The standard InChI is InChI=1S/C18H19N3O2/c1-21(2)11-10-12-6-8-13(9-7-12)18-20-15-5-3-4-14(17(19)22)16(15)23-18/h3-9H,10-11H2,1-2H3,(H2,19,22). The zero-order valence-electron chi connectivity index (χ0n) is 13.2. The molecule has 3 aromatic rings. The van der Waals surface area contributed by atoms with Gasteiger partial charge in [-0.25, -0.2) is 4.98 Å². The first-order chi connectivity index (χ1) is 11.0. The molecule has 2 aromatic carbocycles. The van der Waals surface area contributed by atoms with Crippen molar-refractivity contribution in [3.63, 3.8) is 0 Å². The second kappa shape index (κ2) is 6.22. The minimum Gasteiger partial charge on any atom is -0.435 e. The predicted octanol–water partition coefficient (Wildman–Crippen LogP) is 2.70. The van der Waals surface area contributed by atoms with Crippen LogP contribution in [0.25, 0.3) is 22.6 Å². The molecule has 1 heterocycles. The van der Waals surface area contributed by atoms with Gasteiger partial charge in [0, 0.05) is 12.1 Å². The lowest BCUT2D eigenvalue weighted by molar-refractivity contribution is 0.100. The number of hydrogen-bond donors (Lipinski definition) is 1.